The number of anilines is 1. The predicted octanol–water partition coefficient (Wildman–Crippen LogP) is 2.66. The fourth-order valence-electron chi connectivity index (χ4n) is 2.79. The fourth-order valence-corrected chi connectivity index (χ4v) is 2.79. The third-order valence-corrected chi connectivity index (χ3v) is 4.37. The molecule has 2 aromatic heterocycles. The molecule has 0 radical (unpaired) electrons. The van der Waals surface area contributed by atoms with E-state index >= 15 is 0 Å². The summed E-state index contributed by atoms with van der Waals surface area (Å²) in [6.45, 7) is 0.451. The second-order valence-corrected chi connectivity index (χ2v) is 6.65. The third kappa shape index (κ3) is 3.90. The fraction of sp³-hybridized carbons (Fsp3) is 0.333. The van der Waals surface area contributed by atoms with Gasteiger partial charge >= 0.3 is 6.03 Å². The van der Waals surface area contributed by atoms with Crippen LogP contribution >= 0.6 is 0 Å². The molecule has 1 fully saturated rings. The Kier molecular flexibility index (Phi) is 4.39. The first kappa shape index (κ1) is 16.3. The van der Waals surface area contributed by atoms with Gasteiger partial charge in [0.1, 0.15) is 5.82 Å². The molecule has 2 amide bonds. The third-order valence-electron chi connectivity index (χ3n) is 4.37. The van der Waals surface area contributed by atoms with Crippen LogP contribution in [0.4, 0.5) is 10.7 Å². The molecule has 0 atom stereocenters. The molecule has 3 aromatic rings. The Bertz CT molecular complexity index is 882. The lowest BCUT2D eigenvalue weighted by Crippen LogP contribution is -2.31. The number of aromatic amines is 2. The van der Waals surface area contributed by atoms with Gasteiger partial charge in [-0.05, 0) is 24.5 Å². The van der Waals surface area contributed by atoms with Crippen LogP contribution in [0.15, 0.2) is 36.4 Å². The number of carbonyl (C=O) groups is 1. The van der Waals surface area contributed by atoms with Gasteiger partial charge in [0.25, 0.3) is 0 Å². The lowest BCUT2D eigenvalue weighted by atomic mass is 10.1. The summed E-state index contributed by atoms with van der Waals surface area (Å²) in [5.74, 6) is 1.57. The highest BCUT2D eigenvalue weighted by Crippen LogP contribution is 2.39. The van der Waals surface area contributed by atoms with Gasteiger partial charge < -0.3 is 4.90 Å². The molecule has 3 N–H and O–H groups in total. The van der Waals surface area contributed by atoms with Gasteiger partial charge in [0, 0.05) is 19.4 Å². The average molecular weight is 351 g/mol. The molecule has 1 aliphatic rings. The number of urea groups is 1. The molecular formula is C18H21N7O. The van der Waals surface area contributed by atoms with E-state index in [1.54, 1.807) is 11.9 Å². The van der Waals surface area contributed by atoms with Gasteiger partial charge in [0.15, 0.2) is 0 Å². The monoisotopic (exact) mass is 351 g/mol. The topological polar surface area (TPSA) is 103 Å². The maximum atomic E-state index is 12.3. The van der Waals surface area contributed by atoms with Crippen molar-refractivity contribution in [2.75, 3.05) is 12.4 Å². The maximum absolute atomic E-state index is 12.3. The molecule has 0 bridgehead atoms. The van der Waals surface area contributed by atoms with E-state index in [0.717, 1.165) is 17.0 Å². The first-order chi connectivity index (χ1) is 12.7. The second kappa shape index (κ2) is 6.99. The van der Waals surface area contributed by atoms with Crippen molar-refractivity contribution >= 4 is 12.0 Å². The summed E-state index contributed by atoms with van der Waals surface area (Å²) in [4.78, 5) is 18.2. The summed E-state index contributed by atoms with van der Waals surface area (Å²) < 4.78 is 0. The van der Waals surface area contributed by atoms with Gasteiger partial charge in [-0.25, -0.2) is 4.79 Å². The molecule has 8 nitrogen and oxygen atoms in total. The number of aromatic nitrogens is 5. The number of hydrogen-bond donors (Lipinski definition) is 3. The molecule has 26 heavy (non-hydrogen) atoms. The quantitative estimate of drug-likeness (QED) is 0.635. The number of benzene rings is 1. The van der Waals surface area contributed by atoms with Crippen molar-refractivity contribution in [2.24, 2.45) is 0 Å². The van der Waals surface area contributed by atoms with Gasteiger partial charge in [-0.2, -0.15) is 10.1 Å². The van der Waals surface area contributed by atoms with Gasteiger partial charge in [0.2, 0.25) is 5.95 Å². The SMILES string of the molecule is CN(Cc1cc(C2CC2)n[nH]1)C(=O)Nc1n[nH]c(Cc2ccccc2)n1. The number of nitrogens with zero attached hydrogens (tertiary/aromatic N) is 4. The Labute approximate surface area is 151 Å². The minimum atomic E-state index is -0.266. The number of nitrogens with one attached hydrogen (secondary N) is 3. The lowest BCUT2D eigenvalue weighted by molar-refractivity contribution is 0.220. The number of amides is 2. The molecule has 0 unspecified atom stereocenters. The highest BCUT2D eigenvalue weighted by atomic mass is 16.2. The predicted molar refractivity (Wildman–Crippen MR) is 96.7 cm³/mol. The van der Waals surface area contributed by atoms with Crippen molar-refractivity contribution in [3.63, 3.8) is 0 Å². The van der Waals surface area contributed by atoms with E-state index in [4.69, 9.17) is 0 Å². The average Bonchev–Trinajstić information content (AvgIpc) is 3.24. The van der Waals surface area contributed by atoms with Crippen molar-refractivity contribution < 1.29 is 4.79 Å². The minimum absolute atomic E-state index is 0.266. The van der Waals surface area contributed by atoms with Crippen LogP contribution in [-0.2, 0) is 13.0 Å². The first-order valence-electron chi connectivity index (χ1n) is 8.69. The zero-order chi connectivity index (χ0) is 17.9. The number of H-pyrrole nitrogens is 2. The van der Waals surface area contributed by atoms with Crippen molar-refractivity contribution in [3.8, 4) is 0 Å². The van der Waals surface area contributed by atoms with Crippen molar-refractivity contribution in [2.45, 2.75) is 31.7 Å². The maximum Gasteiger partial charge on any atom is 0.324 e. The molecule has 0 spiro atoms. The van der Waals surface area contributed by atoms with Gasteiger partial charge in [-0.3, -0.25) is 15.5 Å². The molecule has 1 saturated carbocycles. The number of carbonyl (C=O) groups excluding carboxylic acids is 1. The Morgan fingerprint density at radius 2 is 2.04 bits per heavy atom. The Morgan fingerprint density at radius 3 is 2.81 bits per heavy atom. The highest BCUT2D eigenvalue weighted by Gasteiger charge is 2.26. The van der Waals surface area contributed by atoms with Crippen molar-refractivity contribution in [1.29, 1.82) is 0 Å². The molecule has 1 aromatic carbocycles. The molecule has 8 heteroatoms. The summed E-state index contributed by atoms with van der Waals surface area (Å²) in [5.41, 5.74) is 3.14. The normalized spacial score (nSPS) is 13.6. The van der Waals surface area contributed by atoms with Gasteiger partial charge in [0.05, 0.1) is 17.9 Å². The van der Waals surface area contributed by atoms with Crippen molar-refractivity contribution in [3.05, 3.63) is 59.2 Å². The van der Waals surface area contributed by atoms with Gasteiger partial charge in [-0.15, -0.1) is 5.10 Å². The molecule has 4 rings (SSSR count). The van der Waals surface area contributed by atoms with Crippen LogP contribution in [0.2, 0.25) is 0 Å². The van der Waals surface area contributed by atoms with E-state index in [1.165, 1.54) is 12.8 Å². The Balaban J connectivity index is 1.32. The van der Waals surface area contributed by atoms with Gasteiger partial charge in [-0.1, -0.05) is 30.3 Å². The first-order valence-corrected chi connectivity index (χ1v) is 8.69. The van der Waals surface area contributed by atoms with Crippen LogP contribution in [-0.4, -0.2) is 43.4 Å². The smallest absolute Gasteiger partial charge is 0.322 e. The molecular weight excluding hydrogens is 330 g/mol. The Hall–Kier alpha value is -3.16. The molecule has 134 valence electrons. The van der Waals surface area contributed by atoms with Crippen LogP contribution in [0.3, 0.4) is 0 Å². The van der Waals surface area contributed by atoms with Crippen LogP contribution in [0.1, 0.15) is 41.5 Å². The molecule has 1 aliphatic carbocycles. The van der Waals surface area contributed by atoms with E-state index in [1.807, 2.05) is 36.4 Å². The van der Waals surface area contributed by atoms with Crippen molar-refractivity contribution in [1.82, 2.24) is 30.3 Å². The standard InChI is InChI=1S/C18H21N7O/c1-25(11-14-10-15(22-21-14)13-7-8-13)18(26)20-17-19-16(23-24-17)9-12-5-3-2-4-6-12/h2-6,10,13H,7-9,11H2,1H3,(H,21,22)(H2,19,20,23,24,26). The van der Waals surface area contributed by atoms with E-state index in [2.05, 4.69) is 30.7 Å². The lowest BCUT2D eigenvalue weighted by Gasteiger charge is -2.15. The van der Waals surface area contributed by atoms with E-state index in [0.29, 0.717) is 24.7 Å². The molecule has 0 saturated heterocycles. The van der Waals surface area contributed by atoms with Crippen LogP contribution in [0.25, 0.3) is 0 Å². The molecule has 0 aliphatic heterocycles. The zero-order valence-corrected chi connectivity index (χ0v) is 14.6. The number of rotatable bonds is 6. The minimum Gasteiger partial charge on any atom is -0.322 e. The Morgan fingerprint density at radius 1 is 1.23 bits per heavy atom. The van der Waals surface area contributed by atoms with E-state index in [-0.39, 0.29) is 12.0 Å². The van der Waals surface area contributed by atoms with Crippen LogP contribution in [0, 0.1) is 0 Å². The summed E-state index contributed by atoms with van der Waals surface area (Å²) in [5, 5.41) is 16.9. The van der Waals surface area contributed by atoms with Crippen LogP contribution in [0.5, 0.6) is 0 Å². The largest absolute Gasteiger partial charge is 0.324 e. The summed E-state index contributed by atoms with van der Waals surface area (Å²) >= 11 is 0. The van der Waals surface area contributed by atoms with E-state index in [9.17, 15) is 4.79 Å². The summed E-state index contributed by atoms with van der Waals surface area (Å²) in [6, 6.07) is 11.7. The summed E-state index contributed by atoms with van der Waals surface area (Å²) in [6.07, 6.45) is 3.05. The zero-order valence-electron chi connectivity index (χ0n) is 14.6. The highest BCUT2D eigenvalue weighted by molar-refractivity contribution is 5.87. The number of hydrogen-bond acceptors (Lipinski definition) is 4. The second-order valence-electron chi connectivity index (χ2n) is 6.65. The summed E-state index contributed by atoms with van der Waals surface area (Å²) in [7, 11) is 1.73. The molecule has 2 heterocycles. The van der Waals surface area contributed by atoms with Crippen LogP contribution < -0.4 is 5.32 Å². The van der Waals surface area contributed by atoms with E-state index < -0.39 is 0 Å².